The predicted octanol–water partition coefficient (Wildman–Crippen LogP) is 3.78. The maximum Gasteiger partial charge on any atom is 0.292 e. The zero-order valence-electron chi connectivity index (χ0n) is 10.3. The molecule has 0 aliphatic carbocycles. The molecule has 0 aliphatic rings. The molecule has 1 N–H and O–H groups in total. The van der Waals surface area contributed by atoms with Crippen LogP contribution >= 0.6 is 23.1 Å². The number of anilines is 1. The first-order valence-electron chi connectivity index (χ1n) is 5.74. The van der Waals surface area contributed by atoms with Gasteiger partial charge in [-0.05, 0) is 18.6 Å². The van der Waals surface area contributed by atoms with Crippen LogP contribution in [0.25, 0.3) is 0 Å². The van der Waals surface area contributed by atoms with Crippen molar-refractivity contribution in [2.75, 3.05) is 11.9 Å². The van der Waals surface area contributed by atoms with Crippen molar-refractivity contribution in [1.29, 1.82) is 0 Å². The second-order valence-corrected chi connectivity index (χ2v) is 5.84. The van der Waals surface area contributed by atoms with E-state index in [1.54, 1.807) is 41.4 Å². The Labute approximate surface area is 119 Å². The Balaban J connectivity index is 2.13. The number of rotatable bonds is 6. The minimum Gasteiger partial charge on any atom is -0.380 e. The van der Waals surface area contributed by atoms with E-state index in [4.69, 9.17) is 0 Å². The van der Waals surface area contributed by atoms with Gasteiger partial charge in [0.1, 0.15) is 10.0 Å². The molecule has 7 heteroatoms. The van der Waals surface area contributed by atoms with Crippen LogP contribution in [0.5, 0.6) is 0 Å². The monoisotopic (exact) mass is 295 g/mol. The second kappa shape index (κ2) is 6.53. The van der Waals surface area contributed by atoms with Crippen LogP contribution in [0.1, 0.15) is 12.5 Å². The highest BCUT2D eigenvalue weighted by Gasteiger charge is 2.14. The van der Waals surface area contributed by atoms with Crippen molar-refractivity contribution in [2.24, 2.45) is 0 Å². The van der Waals surface area contributed by atoms with Crippen LogP contribution in [0.4, 0.5) is 11.4 Å². The minimum absolute atomic E-state index is 0.124. The molecule has 1 heterocycles. The lowest BCUT2D eigenvalue weighted by Gasteiger charge is -2.06. The third-order valence-electron chi connectivity index (χ3n) is 2.40. The van der Waals surface area contributed by atoms with Crippen molar-refractivity contribution < 1.29 is 4.92 Å². The summed E-state index contributed by atoms with van der Waals surface area (Å²) in [6.45, 7) is 2.57. The third-order valence-corrected chi connectivity index (χ3v) is 4.44. The van der Waals surface area contributed by atoms with Gasteiger partial charge in [0.15, 0.2) is 0 Å². The molecule has 100 valence electrons. The van der Waals surface area contributed by atoms with E-state index in [9.17, 15) is 10.1 Å². The molecular formula is C12H13N3O2S2. The van der Waals surface area contributed by atoms with E-state index in [0.717, 1.165) is 9.90 Å². The van der Waals surface area contributed by atoms with Crippen molar-refractivity contribution in [1.82, 2.24) is 4.98 Å². The fraction of sp³-hybridized carbons (Fsp3) is 0.250. The summed E-state index contributed by atoms with van der Waals surface area (Å²) in [5.41, 5.74) is 1.61. The van der Waals surface area contributed by atoms with Gasteiger partial charge in [0.25, 0.3) is 5.69 Å². The molecule has 19 heavy (non-hydrogen) atoms. The molecule has 0 saturated heterocycles. The van der Waals surface area contributed by atoms with Crippen molar-refractivity contribution >= 4 is 34.5 Å². The molecule has 0 radical (unpaired) electrons. The number of nitro benzene ring substituents is 1. The summed E-state index contributed by atoms with van der Waals surface area (Å²) in [7, 11) is 0. The Kier molecular flexibility index (Phi) is 4.75. The number of nitrogens with one attached hydrogen (secondary N) is 1. The molecule has 0 aliphatic heterocycles. The topological polar surface area (TPSA) is 68.1 Å². The van der Waals surface area contributed by atoms with Crippen molar-refractivity contribution in [3.05, 3.63) is 45.5 Å². The first-order chi connectivity index (χ1) is 9.20. The van der Waals surface area contributed by atoms with E-state index >= 15 is 0 Å². The molecule has 0 fully saturated rings. The SMILES string of the molecule is CCNc1ccc(CSc2nccs2)cc1[N+](=O)[O-]. The number of benzene rings is 1. The first-order valence-corrected chi connectivity index (χ1v) is 7.60. The van der Waals surface area contributed by atoms with Crippen LogP contribution in [0, 0.1) is 10.1 Å². The quantitative estimate of drug-likeness (QED) is 0.499. The lowest BCUT2D eigenvalue weighted by molar-refractivity contribution is -0.384. The maximum atomic E-state index is 11.0. The van der Waals surface area contributed by atoms with E-state index in [1.165, 1.54) is 0 Å². The third kappa shape index (κ3) is 3.68. The van der Waals surface area contributed by atoms with Gasteiger partial charge in [-0.1, -0.05) is 17.8 Å². The smallest absolute Gasteiger partial charge is 0.292 e. The van der Waals surface area contributed by atoms with Gasteiger partial charge < -0.3 is 5.32 Å². The number of nitrogens with zero attached hydrogens (tertiary/aromatic N) is 2. The standard InChI is InChI=1S/C12H13N3O2S2/c1-2-13-10-4-3-9(7-11(10)15(16)17)8-19-12-14-5-6-18-12/h3-7,13H,2,8H2,1H3. The minimum atomic E-state index is -0.352. The number of thiazole rings is 1. The molecule has 1 aromatic heterocycles. The summed E-state index contributed by atoms with van der Waals surface area (Å²) in [6.07, 6.45) is 1.75. The van der Waals surface area contributed by atoms with E-state index in [2.05, 4.69) is 10.3 Å². The molecule has 1 aromatic carbocycles. The summed E-state index contributed by atoms with van der Waals surface area (Å²) in [6, 6.07) is 5.30. The van der Waals surface area contributed by atoms with Crippen molar-refractivity contribution in [2.45, 2.75) is 17.0 Å². The highest BCUT2D eigenvalue weighted by Crippen LogP contribution is 2.29. The van der Waals surface area contributed by atoms with Gasteiger partial charge in [0.2, 0.25) is 0 Å². The van der Waals surface area contributed by atoms with Crippen molar-refractivity contribution in [3.8, 4) is 0 Å². The van der Waals surface area contributed by atoms with Gasteiger partial charge in [0.05, 0.1) is 4.92 Å². The number of thioether (sulfide) groups is 1. The van der Waals surface area contributed by atoms with Gasteiger partial charge in [0, 0.05) is 29.9 Å². The molecule has 0 atom stereocenters. The molecule has 0 bridgehead atoms. The fourth-order valence-corrected chi connectivity index (χ4v) is 3.17. The predicted molar refractivity (Wildman–Crippen MR) is 78.9 cm³/mol. The fourth-order valence-electron chi connectivity index (χ4n) is 1.58. The molecule has 5 nitrogen and oxygen atoms in total. The number of nitro groups is 1. The highest BCUT2D eigenvalue weighted by atomic mass is 32.2. The lowest BCUT2D eigenvalue weighted by atomic mass is 10.2. The van der Waals surface area contributed by atoms with E-state index < -0.39 is 0 Å². The normalized spacial score (nSPS) is 10.4. The Bertz CT molecular complexity index is 558. The Morgan fingerprint density at radius 3 is 3.00 bits per heavy atom. The van der Waals surface area contributed by atoms with Gasteiger partial charge >= 0.3 is 0 Å². The number of hydrogen-bond donors (Lipinski definition) is 1. The average Bonchev–Trinajstić information content (AvgIpc) is 2.91. The molecule has 0 saturated carbocycles. The molecular weight excluding hydrogens is 282 g/mol. The van der Waals surface area contributed by atoms with Gasteiger partial charge in [-0.15, -0.1) is 11.3 Å². The van der Waals surface area contributed by atoms with E-state index in [-0.39, 0.29) is 10.6 Å². The summed E-state index contributed by atoms with van der Waals surface area (Å²) in [5.74, 6) is 0.681. The van der Waals surface area contributed by atoms with Crippen LogP contribution in [0.3, 0.4) is 0 Å². The zero-order valence-corrected chi connectivity index (χ0v) is 12.0. The average molecular weight is 295 g/mol. The van der Waals surface area contributed by atoms with Gasteiger partial charge in [-0.3, -0.25) is 10.1 Å². The zero-order chi connectivity index (χ0) is 13.7. The van der Waals surface area contributed by atoms with Gasteiger partial charge in [-0.2, -0.15) is 0 Å². The van der Waals surface area contributed by atoms with Crippen LogP contribution in [-0.4, -0.2) is 16.5 Å². The highest BCUT2D eigenvalue weighted by molar-refractivity contribution is 8.00. The van der Waals surface area contributed by atoms with Crippen LogP contribution in [0.15, 0.2) is 34.1 Å². The molecule has 0 amide bonds. The van der Waals surface area contributed by atoms with E-state index in [1.807, 2.05) is 18.4 Å². The van der Waals surface area contributed by atoms with Gasteiger partial charge in [-0.25, -0.2) is 4.98 Å². The van der Waals surface area contributed by atoms with Crippen molar-refractivity contribution in [3.63, 3.8) is 0 Å². The number of aromatic nitrogens is 1. The molecule has 2 rings (SSSR count). The largest absolute Gasteiger partial charge is 0.380 e. The molecule has 0 unspecified atom stereocenters. The Morgan fingerprint density at radius 1 is 1.53 bits per heavy atom. The van der Waals surface area contributed by atoms with Crippen LogP contribution < -0.4 is 5.32 Å². The molecule has 0 spiro atoms. The summed E-state index contributed by atoms with van der Waals surface area (Å²) in [4.78, 5) is 14.8. The summed E-state index contributed by atoms with van der Waals surface area (Å²) < 4.78 is 0.971. The lowest BCUT2D eigenvalue weighted by Crippen LogP contribution is -2.01. The van der Waals surface area contributed by atoms with Crippen LogP contribution in [0.2, 0.25) is 0 Å². The number of hydrogen-bond acceptors (Lipinski definition) is 6. The van der Waals surface area contributed by atoms with E-state index in [0.29, 0.717) is 18.0 Å². The van der Waals surface area contributed by atoms with Crippen LogP contribution in [-0.2, 0) is 5.75 Å². The summed E-state index contributed by atoms with van der Waals surface area (Å²) >= 11 is 3.15. The Hall–Kier alpha value is -1.60. The maximum absolute atomic E-state index is 11.0. The second-order valence-electron chi connectivity index (χ2n) is 3.73. The Morgan fingerprint density at radius 2 is 2.37 bits per heavy atom. The summed E-state index contributed by atoms with van der Waals surface area (Å²) in [5, 5.41) is 15.9. The molecule has 2 aromatic rings. The first kappa shape index (κ1) is 13.8.